The molecule has 6 nitrogen and oxygen atoms in total. The SMILES string of the molecule is COc1cccc([C@@H]2CCCN2C(=O)COC(=O)CN(C)[C@@H]2CCSC2)c1. The zero-order valence-corrected chi connectivity index (χ0v) is 16.9. The van der Waals surface area contributed by atoms with E-state index in [0.29, 0.717) is 12.6 Å². The van der Waals surface area contributed by atoms with E-state index in [-0.39, 0.29) is 31.1 Å². The number of benzene rings is 1. The van der Waals surface area contributed by atoms with E-state index in [0.717, 1.165) is 42.1 Å². The van der Waals surface area contributed by atoms with E-state index in [2.05, 4.69) is 0 Å². The second-order valence-corrected chi connectivity index (χ2v) is 8.26. The Morgan fingerprint density at radius 2 is 2.19 bits per heavy atom. The maximum atomic E-state index is 12.6. The minimum Gasteiger partial charge on any atom is -0.497 e. The van der Waals surface area contributed by atoms with Crippen LogP contribution in [0, 0.1) is 0 Å². The molecular formula is C20H28N2O4S. The number of carbonyl (C=O) groups excluding carboxylic acids is 2. The smallest absolute Gasteiger partial charge is 0.320 e. The summed E-state index contributed by atoms with van der Waals surface area (Å²) in [5.74, 6) is 2.51. The van der Waals surface area contributed by atoms with Crippen LogP contribution < -0.4 is 4.74 Å². The normalized spacial score (nSPS) is 22.3. The van der Waals surface area contributed by atoms with E-state index in [1.165, 1.54) is 0 Å². The van der Waals surface area contributed by atoms with Crippen LogP contribution in [0.5, 0.6) is 5.75 Å². The number of amides is 1. The maximum absolute atomic E-state index is 12.6. The summed E-state index contributed by atoms with van der Waals surface area (Å²) in [5.41, 5.74) is 1.06. The van der Waals surface area contributed by atoms with E-state index < -0.39 is 0 Å². The lowest BCUT2D eigenvalue weighted by Gasteiger charge is -2.26. The molecule has 0 aromatic heterocycles. The number of nitrogens with zero attached hydrogens (tertiary/aromatic N) is 2. The average molecular weight is 393 g/mol. The lowest BCUT2D eigenvalue weighted by atomic mass is 10.0. The topological polar surface area (TPSA) is 59.1 Å². The Balaban J connectivity index is 1.51. The second-order valence-electron chi connectivity index (χ2n) is 7.11. The monoisotopic (exact) mass is 392 g/mol. The van der Waals surface area contributed by atoms with Gasteiger partial charge in [0.25, 0.3) is 5.91 Å². The molecule has 2 saturated heterocycles. The van der Waals surface area contributed by atoms with Crippen molar-refractivity contribution in [3.8, 4) is 5.75 Å². The van der Waals surface area contributed by atoms with Gasteiger partial charge in [-0.2, -0.15) is 11.8 Å². The number of likely N-dealkylation sites (tertiary alicyclic amines) is 1. The quantitative estimate of drug-likeness (QED) is 0.664. The van der Waals surface area contributed by atoms with Gasteiger partial charge < -0.3 is 14.4 Å². The van der Waals surface area contributed by atoms with Gasteiger partial charge in [0.05, 0.1) is 19.7 Å². The van der Waals surface area contributed by atoms with Crippen LogP contribution in [0.3, 0.4) is 0 Å². The van der Waals surface area contributed by atoms with Crippen LogP contribution in [0.4, 0.5) is 0 Å². The Hall–Kier alpha value is -1.73. The molecule has 2 atom stereocenters. The molecule has 2 fully saturated rings. The van der Waals surface area contributed by atoms with Gasteiger partial charge in [0.1, 0.15) is 5.75 Å². The van der Waals surface area contributed by atoms with Gasteiger partial charge in [-0.25, -0.2) is 0 Å². The maximum Gasteiger partial charge on any atom is 0.320 e. The molecule has 2 aliphatic rings. The highest BCUT2D eigenvalue weighted by Gasteiger charge is 2.31. The van der Waals surface area contributed by atoms with Crippen LogP contribution in [-0.4, -0.2) is 73.1 Å². The Kier molecular flexibility index (Phi) is 7.01. The molecule has 27 heavy (non-hydrogen) atoms. The molecule has 3 rings (SSSR count). The minimum atomic E-state index is -0.333. The highest BCUT2D eigenvalue weighted by Crippen LogP contribution is 2.33. The number of ether oxygens (including phenoxy) is 2. The van der Waals surface area contributed by atoms with Crippen LogP contribution in [0.2, 0.25) is 0 Å². The fraction of sp³-hybridized carbons (Fsp3) is 0.600. The fourth-order valence-corrected chi connectivity index (χ4v) is 5.03. The van der Waals surface area contributed by atoms with Gasteiger partial charge in [-0.05, 0) is 49.8 Å². The standard InChI is InChI=1S/C20H28N2O4S/c1-21(16-8-10-27-14-16)12-20(24)26-13-19(23)22-9-4-7-18(22)15-5-3-6-17(11-15)25-2/h3,5-6,11,16,18H,4,7-10,12-14H2,1-2H3/t16-,18+/m1/s1. The summed E-state index contributed by atoms with van der Waals surface area (Å²) in [6.45, 7) is 0.738. The van der Waals surface area contributed by atoms with Crippen molar-refractivity contribution in [2.75, 3.05) is 45.4 Å². The molecule has 1 aromatic carbocycles. The molecule has 0 saturated carbocycles. The summed E-state index contributed by atoms with van der Waals surface area (Å²) in [6, 6.07) is 8.26. The molecular weight excluding hydrogens is 364 g/mol. The van der Waals surface area contributed by atoms with Gasteiger partial charge in [-0.1, -0.05) is 12.1 Å². The molecule has 0 N–H and O–H groups in total. The summed E-state index contributed by atoms with van der Waals surface area (Å²) in [4.78, 5) is 28.6. The lowest BCUT2D eigenvalue weighted by Crippen LogP contribution is -2.38. The van der Waals surface area contributed by atoms with E-state index in [9.17, 15) is 9.59 Å². The van der Waals surface area contributed by atoms with E-state index in [1.54, 1.807) is 7.11 Å². The van der Waals surface area contributed by atoms with Crippen molar-refractivity contribution >= 4 is 23.6 Å². The molecule has 7 heteroatoms. The van der Waals surface area contributed by atoms with Crippen molar-refractivity contribution in [3.63, 3.8) is 0 Å². The van der Waals surface area contributed by atoms with Crippen molar-refractivity contribution < 1.29 is 19.1 Å². The number of esters is 1. The molecule has 0 spiro atoms. The molecule has 0 radical (unpaired) electrons. The molecule has 1 amide bonds. The van der Waals surface area contributed by atoms with E-state index in [1.807, 2.05) is 52.9 Å². The van der Waals surface area contributed by atoms with Crippen molar-refractivity contribution in [3.05, 3.63) is 29.8 Å². The Morgan fingerprint density at radius 1 is 1.33 bits per heavy atom. The third-order valence-electron chi connectivity index (χ3n) is 5.32. The number of hydrogen-bond donors (Lipinski definition) is 0. The van der Waals surface area contributed by atoms with Gasteiger partial charge in [-0.15, -0.1) is 0 Å². The zero-order valence-electron chi connectivity index (χ0n) is 16.1. The summed E-state index contributed by atoms with van der Waals surface area (Å²) in [6.07, 6.45) is 2.96. The van der Waals surface area contributed by atoms with Crippen LogP contribution in [0.1, 0.15) is 30.9 Å². The second kappa shape index (κ2) is 9.46. The molecule has 2 aliphatic heterocycles. The first-order valence-corrected chi connectivity index (χ1v) is 10.6. The molecule has 2 heterocycles. The minimum absolute atomic E-state index is 0.0180. The molecule has 0 unspecified atom stereocenters. The first-order chi connectivity index (χ1) is 13.1. The molecule has 0 aliphatic carbocycles. The summed E-state index contributed by atoms with van der Waals surface area (Å²) in [5, 5.41) is 0. The third kappa shape index (κ3) is 5.17. The number of thioether (sulfide) groups is 1. The average Bonchev–Trinajstić information content (AvgIpc) is 3.37. The van der Waals surface area contributed by atoms with E-state index >= 15 is 0 Å². The van der Waals surface area contributed by atoms with Crippen molar-refractivity contribution in [1.29, 1.82) is 0 Å². The van der Waals surface area contributed by atoms with Crippen molar-refractivity contribution in [2.24, 2.45) is 0 Å². The summed E-state index contributed by atoms with van der Waals surface area (Å²) >= 11 is 1.91. The van der Waals surface area contributed by atoms with Gasteiger partial charge in [0, 0.05) is 18.3 Å². The van der Waals surface area contributed by atoms with Gasteiger partial charge >= 0.3 is 5.97 Å². The third-order valence-corrected chi connectivity index (χ3v) is 6.46. The molecule has 0 bridgehead atoms. The lowest BCUT2D eigenvalue weighted by molar-refractivity contribution is -0.153. The van der Waals surface area contributed by atoms with Crippen LogP contribution in [-0.2, 0) is 14.3 Å². The number of carbonyl (C=O) groups is 2. The van der Waals surface area contributed by atoms with Gasteiger partial charge in [0.15, 0.2) is 6.61 Å². The Morgan fingerprint density at radius 3 is 2.93 bits per heavy atom. The molecule has 148 valence electrons. The van der Waals surface area contributed by atoms with Crippen LogP contribution >= 0.6 is 11.8 Å². The van der Waals surface area contributed by atoms with Crippen LogP contribution in [0.25, 0.3) is 0 Å². The number of methoxy groups -OCH3 is 1. The van der Waals surface area contributed by atoms with Crippen molar-refractivity contribution in [2.45, 2.75) is 31.3 Å². The largest absolute Gasteiger partial charge is 0.497 e. The van der Waals surface area contributed by atoms with Gasteiger partial charge in [0.2, 0.25) is 0 Å². The number of hydrogen-bond acceptors (Lipinski definition) is 6. The highest BCUT2D eigenvalue weighted by atomic mass is 32.2. The Bertz CT molecular complexity index is 663. The fourth-order valence-electron chi connectivity index (χ4n) is 3.73. The molecule has 1 aromatic rings. The summed E-state index contributed by atoms with van der Waals surface area (Å²) < 4.78 is 10.6. The predicted octanol–water partition coefficient (Wildman–Crippen LogP) is 2.34. The number of likely N-dealkylation sites (N-methyl/N-ethyl adjacent to an activating group) is 1. The zero-order chi connectivity index (χ0) is 19.2. The van der Waals surface area contributed by atoms with Crippen molar-refractivity contribution in [1.82, 2.24) is 9.80 Å². The Labute approximate surface area is 165 Å². The first kappa shape index (κ1) is 20.0. The predicted molar refractivity (Wildman–Crippen MR) is 106 cm³/mol. The van der Waals surface area contributed by atoms with Crippen LogP contribution in [0.15, 0.2) is 24.3 Å². The highest BCUT2D eigenvalue weighted by molar-refractivity contribution is 7.99. The van der Waals surface area contributed by atoms with E-state index in [4.69, 9.17) is 9.47 Å². The van der Waals surface area contributed by atoms with Gasteiger partial charge in [-0.3, -0.25) is 14.5 Å². The summed E-state index contributed by atoms with van der Waals surface area (Å²) in [7, 11) is 3.58. The first-order valence-electron chi connectivity index (χ1n) is 9.45. The number of rotatable bonds is 7.